The minimum absolute atomic E-state index is 0.00842. The van der Waals surface area contributed by atoms with Crippen molar-refractivity contribution in [1.82, 2.24) is 0 Å². The molecule has 0 spiro atoms. The Labute approximate surface area is 211 Å². The lowest BCUT2D eigenvalue weighted by molar-refractivity contribution is 0.0686. The largest absolute Gasteiger partial charge is 0.530 e. The van der Waals surface area contributed by atoms with E-state index in [9.17, 15) is 9.90 Å². The molecule has 0 saturated carbocycles. The van der Waals surface area contributed by atoms with E-state index in [2.05, 4.69) is 0 Å². The van der Waals surface area contributed by atoms with E-state index in [0.717, 1.165) is 0 Å². The van der Waals surface area contributed by atoms with Gasteiger partial charge in [0.15, 0.2) is 5.78 Å². The predicted octanol–water partition coefficient (Wildman–Crippen LogP) is 5.77. The fourth-order valence-electron chi connectivity index (χ4n) is 2.86. The van der Waals surface area contributed by atoms with Crippen LogP contribution in [0.1, 0.15) is 16.8 Å². The zero-order valence-corrected chi connectivity index (χ0v) is 20.3. The molecule has 0 bridgehead atoms. The van der Waals surface area contributed by atoms with Crippen molar-refractivity contribution < 1.29 is 33.7 Å². The van der Waals surface area contributed by atoms with Gasteiger partial charge in [-0.2, -0.15) is 0 Å². The number of rotatable bonds is 10. The molecule has 3 N–H and O–H groups in total. The Morgan fingerprint density at radius 1 is 0.694 bits per heavy atom. The van der Waals surface area contributed by atoms with Crippen LogP contribution in [0.15, 0.2) is 115 Å². The molecule has 0 amide bonds. The normalized spacial score (nSPS) is 11.1. The van der Waals surface area contributed by atoms with E-state index in [-0.39, 0.29) is 24.3 Å². The van der Waals surface area contributed by atoms with Crippen LogP contribution in [-0.2, 0) is 0 Å². The van der Waals surface area contributed by atoms with E-state index in [4.69, 9.17) is 23.8 Å². The Hall–Kier alpha value is -3.90. The number of Topliss-reactive ketones (excluding diaryl/α,β-unsaturated/α-hetero) is 1. The molecular weight excluding hydrogens is 479 g/mol. The van der Waals surface area contributed by atoms with Crippen molar-refractivity contribution in [3.05, 3.63) is 121 Å². The van der Waals surface area contributed by atoms with Gasteiger partial charge in [-0.1, -0.05) is 66.7 Å². The molecule has 1 atom stereocenters. The van der Waals surface area contributed by atoms with Crippen LogP contribution in [-0.4, -0.2) is 33.8 Å². The molecule has 0 heterocycles. The summed E-state index contributed by atoms with van der Waals surface area (Å²) in [6, 6.07) is 34.3. The Morgan fingerprint density at radius 2 is 1.14 bits per heavy atom. The number of carbonyl (C=O) groups excluding carboxylic acids is 1. The molecule has 0 radical (unpaired) electrons. The molecule has 186 valence electrons. The monoisotopic (exact) mass is 506 g/mol. The maximum atomic E-state index is 11.4. The molecule has 0 aliphatic heterocycles. The third-order valence-corrected chi connectivity index (χ3v) is 5.68. The number of hydrogen-bond acceptors (Lipinski definition) is 7. The standard InChI is InChI=1S/C18H15O3P.C10H12O4/c1-4-10-16(11-5-1)19-22(20-17-12-6-2-7-13-17)21-18-14-8-3-9-15-18;11-5-4-9(13)10(14)7-2-1-3-8(12)6-7/h1-15H;1-3,6,9,11-13H,4-5H2. The number of benzene rings is 4. The highest BCUT2D eigenvalue weighted by Crippen LogP contribution is 2.41. The maximum absolute atomic E-state index is 11.4. The molecule has 0 fully saturated rings. The molecule has 7 nitrogen and oxygen atoms in total. The lowest BCUT2D eigenvalue weighted by atomic mass is 10.0. The summed E-state index contributed by atoms with van der Waals surface area (Å²) in [7, 11) is -1.59. The zero-order valence-electron chi connectivity index (χ0n) is 19.4. The molecule has 4 aromatic carbocycles. The maximum Gasteiger partial charge on any atom is 0.530 e. The molecule has 4 rings (SSSR count). The van der Waals surface area contributed by atoms with Gasteiger partial charge in [-0.15, -0.1) is 0 Å². The first kappa shape index (κ1) is 26.7. The van der Waals surface area contributed by atoms with Gasteiger partial charge in [-0.25, -0.2) is 0 Å². The smallest absolute Gasteiger partial charge is 0.508 e. The lowest BCUT2D eigenvalue weighted by Crippen LogP contribution is -2.21. The summed E-state index contributed by atoms with van der Waals surface area (Å²) < 4.78 is 17.5. The van der Waals surface area contributed by atoms with Gasteiger partial charge in [-0.05, 0) is 48.5 Å². The molecule has 0 saturated heterocycles. The first-order valence-electron chi connectivity index (χ1n) is 11.2. The van der Waals surface area contributed by atoms with Crippen molar-refractivity contribution in [1.29, 1.82) is 0 Å². The molecule has 1 unspecified atom stereocenters. The number of phenols is 1. The summed E-state index contributed by atoms with van der Waals surface area (Å²) in [5, 5.41) is 26.9. The average molecular weight is 506 g/mol. The summed E-state index contributed by atoms with van der Waals surface area (Å²) in [5.74, 6) is 1.61. The number of ketones is 1. The van der Waals surface area contributed by atoms with E-state index in [1.54, 1.807) is 0 Å². The van der Waals surface area contributed by atoms with E-state index in [1.807, 2.05) is 91.0 Å². The van der Waals surface area contributed by atoms with Gasteiger partial charge < -0.3 is 28.9 Å². The van der Waals surface area contributed by atoms with Crippen LogP contribution in [0.4, 0.5) is 0 Å². The highest BCUT2D eigenvalue weighted by molar-refractivity contribution is 7.43. The van der Waals surface area contributed by atoms with Gasteiger partial charge in [0.05, 0.1) is 0 Å². The fraction of sp³-hybridized carbons (Fsp3) is 0.107. The number of aromatic hydroxyl groups is 1. The van der Waals surface area contributed by atoms with Gasteiger partial charge in [0.1, 0.15) is 29.1 Å². The van der Waals surface area contributed by atoms with Crippen molar-refractivity contribution in [2.75, 3.05) is 6.61 Å². The number of phenolic OH excluding ortho intramolecular Hbond substituents is 1. The minimum Gasteiger partial charge on any atom is -0.508 e. The Kier molecular flexibility index (Phi) is 10.7. The third-order valence-electron chi connectivity index (χ3n) is 4.61. The van der Waals surface area contributed by atoms with Gasteiger partial charge in [0.2, 0.25) is 0 Å². The van der Waals surface area contributed by atoms with E-state index in [1.165, 1.54) is 24.3 Å². The van der Waals surface area contributed by atoms with Crippen molar-refractivity contribution >= 4 is 14.4 Å². The predicted molar refractivity (Wildman–Crippen MR) is 138 cm³/mol. The molecule has 0 aliphatic rings. The fourth-order valence-corrected chi connectivity index (χ4v) is 3.86. The summed E-state index contributed by atoms with van der Waals surface area (Å²) in [6.07, 6.45) is -1.20. The van der Waals surface area contributed by atoms with Gasteiger partial charge in [0, 0.05) is 18.6 Å². The minimum atomic E-state index is -1.59. The van der Waals surface area contributed by atoms with E-state index < -0.39 is 20.5 Å². The summed E-state index contributed by atoms with van der Waals surface area (Å²) in [4.78, 5) is 11.4. The van der Waals surface area contributed by atoms with E-state index >= 15 is 0 Å². The highest BCUT2D eigenvalue weighted by Gasteiger charge is 2.19. The van der Waals surface area contributed by atoms with Crippen LogP contribution in [0.5, 0.6) is 23.0 Å². The Bertz CT molecular complexity index is 1080. The number of carbonyl (C=O) groups is 1. The Morgan fingerprint density at radius 3 is 1.53 bits per heavy atom. The van der Waals surface area contributed by atoms with E-state index in [0.29, 0.717) is 17.2 Å². The molecule has 0 aromatic heterocycles. The van der Waals surface area contributed by atoms with Crippen LogP contribution in [0.2, 0.25) is 0 Å². The van der Waals surface area contributed by atoms with Crippen molar-refractivity contribution in [3.8, 4) is 23.0 Å². The third kappa shape index (κ3) is 9.04. The second-order valence-electron chi connectivity index (χ2n) is 7.38. The second-order valence-corrected chi connectivity index (χ2v) is 8.37. The van der Waals surface area contributed by atoms with Crippen LogP contribution in [0.25, 0.3) is 0 Å². The first-order valence-corrected chi connectivity index (χ1v) is 12.3. The van der Waals surface area contributed by atoms with Gasteiger partial charge >= 0.3 is 8.60 Å². The molecular formula is C28H27O7P. The van der Waals surface area contributed by atoms with Crippen molar-refractivity contribution in [3.63, 3.8) is 0 Å². The molecule has 4 aromatic rings. The lowest BCUT2D eigenvalue weighted by Gasteiger charge is -2.17. The average Bonchev–Trinajstić information content (AvgIpc) is 2.90. The Balaban J connectivity index is 0.000000223. The SMILES string of the molecule is O=C(c1cccc(O)c1)C(O)CCO.c1ccc(OP(Oc2ccccc2)Oc2ccccc2)cc1. The molecule has 36 heavy (non-hydrogen) atoms. The first-order chi connectivity index (χ1) is 17.5. The van der Waals surface area contributed by atoms with Crippen molar-refractivity contribution in [2.45, 2.75) is 12.5 Å². The van der Waals surface area contributed by atoms with Crippen molar-refractivity contribution in [2.24, 2.45) is 0 Å². The number of para-hydroxylation sites is 3. The number of aliphatic hydroxyl groups is 2. The topological polar surface area (TPSA) is 105 Å². The number of aliphatic hydroxyl groups excluding tert-OH is 2. The number of hydrogen-bond donors (Lipinski definition) is 3. The van der Waals surface area contributed by atoms with Gasteiger partial charge in [-0.3, -0.25) is 4.79 Å². The van der Waals surface area contributed by atoms with Crippen LogP contribution in [0, 0.1) is 0 Å². The summed E-state index contributed by atoms with van der Waals surface area (Å²) in [6.45, 7) is -0.244. The quantitative estimate of drug-likeness (QED) is 0.185. The highest BCUT2D eigenvalue weighted by atomic mass is 31.2. The van der Waals surface area contributed by atoms with Gasteiger partial charge in [0.25, 0.3) is 0 Å². The van der Waals surface area contributed by atoms with Crippen LogP contribution in [0.3, 0.4) is 0 Å². The zero-order chi connectivity index (χ0) is 25.6. The molecule has 0 aliphatic carbocycles. The van der Waals surface area contributed by atoms with Crippen LogP contribution >= 0.6 is 8.60 Å². The molecule has 8 heteroatoms. The summed E-state index contributed by atoms with van der Waals surface area (Å²) >= 11 is 0. The second kappa shape index (κ2) is 14.5. The summed E-state index contributed by atoms with van der Waals surface area (Å²) in [5.41, 5.74) is 0.242. The van der Waals surface area contributed by atoms with Crippen LogP contribution < -0.4 is 13.6 Å².